The summed E-state index contributed by atoms with van der Waals surface area (Å²) in [5.74, 6) is 2.26. The summed E-state index contributed by atoms with van der Waals surface area (Å²) in [6.07, 6.45) is 3.53. The Bertz CT molecular complexity index is 405. The van der Waals surface area contributed by atoms with E-state index in [-0.39, 0.29) is 24.0 Å². The van der Waals surface area contributed by atoms with Crippen molar-refractivity contribution in [2.45, 2.75) is 59.5 Å². The molecular weight excluding hydrogens is 369 g/mol. The third-order valence-corrected chi connectivity index (χ3v) is 2.77. The fourth-order valence-electron chi connectivity index (χ4n) is 1.76. The zero-order chi connectivity index (χ0) is 14.3. The van der Waals surface area contributed by atoms with Gasteiger partial charge in [0.25, 0.3) is 0 Å². The van der Waals surface area contributed by atoms with E-state index in [2.05, 4.69) is 41.2 Å². The molecule has 1 atom stereocenters. The fourth-order valence-corrected chi connectivity index (χ4v) is 1.76. The molecule has 0 fully saturated rings. The van der Waals surface area contributed by atoms with E-state index in [0.717, 1.165) is 12.3 Å². The van der Waals surface area contributed by atoms with Crippen LogP contribution in [-0.2, 0) is 6.54 Å². The number of aromatic nitrogens is 2. The molecule has 0 amide bonds. The number of rotatable bonds is 7. The number of hydrogen-bond donors (Lipinski definition) is 2. The number of halogens is 1. The molecule has 0 saturated heterocycles. The number of nitrogens with two attached hydrogens (primary N) is 1. The summed E-state index contributed by atoms with van der Waals surface area (Å²) in [5, 5.41) is 6.86. The molecule has 1 rings (SSSR count). The number of nitrogens with zero attached hydrogens (tertiary/aromatic N) is 3. The van der Waals surface area contributed by atoms with Crippen LogP contribution in [0.15, 0.2) is 9.52 Å². The zero-order valence-corrected chi connectivity index (χ0v) is 15.0. The third-order valence-electron chi connectivity index (χ3n) is 2.77. The van der Waals surface area contributed by atoms with Crippen molar-refractivity contribution in [3.63, 3.8) is 0 Å². The van der Waals surface area contributed by atoms with Gasteiger partial charge in [-0.05, 0) is 26.2 Å². The molecule has 0 bridgehead atoms. The minimum absolute atomic E-state index is 0. The monoisotopic (exact) mass is 395 g/mol. The molecule has 0 aromatic carbocycles. The summed E-state index contributed by atoms with van der Waals surface area (Å²) in [5.41, 5.74) is 5.81. The van der Waals surface area contributed by atoms with Gasteiger partial charge in [-0.25, -0.2) is 4.99 Å². The predicted octanol–water partition coefficient (Wildman–Crippen LogP) is 2.62. The van der Waals surface area contributed by atoms with E-state index in [1.165, 1.54) is 12.8 Å². The number of nitrogens with one attached hydrogen (secondary N) is 1. The van der Waals surface area contributed by atoms with Crippen LogP contribution in [0.4, 0.5) is 0 Å². The predicted molar refractivity (Wildman–Crippen MR) is 91.1 cm³/mol. The number of hydrogen-bond acceptors (Lipinski definition) is 4. The molecule has 6 nitrogen and oxygen atoms in total. The lowest BCUT2D eigenvalue weighted by Gasteiger charge is -2.14. The largest absolute Gasteiger partial charge is 0.370 e. The van der Waals surface area contributed by atoms with Gasteiger partial charge < -0.3 is 15.6 Å². The van der Waals surface area contributed by atoms with Gasteiger partial charge in [-0.1, -0.05) is 31.8 Å². The maximum Gasteiger partial charge on any atom is 0.248 e. The summed E-state index contributed by atoms with van der Waals surface area (Å²) in [7, 11) is 0. The Hall–Kier alpha value is -0.860. The molecule has 0 aliphatic rings. The first kappa shape index (κ1) is 19.1. The van der Waals surface area contributed by atoms with Crippen molar-refractivity contribution in [2.75, 3.05) is 0 Å². The molecule has 1 aromatic rings. The lowest BCUT2D eigenvalue weighted by atomic mass is 10.0. The van der Waals surface area contributed by atoms with Gasteiger partial charge in [0, 0.05) is 6.04 Å². The van der Waals surface area contributed by atoms with E-state index in [9.17, 15) is 0 Å². The lowest BCUT2D eigenvalue weighted by molar-refractivity contribution is 0.376. The molecule has 0 aliphatic heterocycles. The normalized spacial score (nSPS) is 13.2. The molecule has 3 N–H and O–H groups in total. The van der Waals surface area contributed by atoms with Gasteiger partial charge in [0.1, 0.15) is 6.54 Å². The second kappa shape index (κ2) is 9.95. The highest BCUT2D eigenvalue weighted by atomic mass is 127. The standard InChI is InChI=1S/C13H25N5O.HI/c1-9(2)6-5-7-10(3)16-13(14)15-8-12-17-11(4)18-19-12;/h9-10H,5-8H2,1-4H3,(H3,14,15,16);1H. The molecule has 0 aliphatic carbocycles. The molecule has 0 spiro atoms. The van der Waals surface area contributed by atoms with E-state index < -0.39 is 0 Å². The molecule has 1 unspecified atom stereocenters. The van der Waals surface area contributed by atoms with Crippen LogP contribution in [-0.4, -0.2) is 22.1 Å². The first-order valence-electron chi connectivity index (χ1n) is 6.83. The van der Waals surface area contributed by atoms with E-state index >= 15 is 0 Å². The Morgan fingerprint density at radius 2 is 2.05 bits per heavy atom. The SMILES string of the molecule is Cc1noc(CN=C(N)NC(C)CCCC(C)C)n1.I. The van der Waals surface area contributed by atoms with Crippen LogP contribution >= 0.6 is 24.0 Å². The Balaban J connectivity index is 0.00000361. The second-order valence-electron chi connectivity index (χ2n) is 5.31. The van der Waals surface area contributed by atoms with Crippen LogP contribution < -0.4 is 11.1 Å². The van der Waals surface area contributed by atoms with Crippen LogP contribution in [0.1, 0.15) is 51.7 Å². The van der Waals surface area contributed by atoms with Crippen LogP contribution in [0.5, 0.6) is 0 Å². The molecule has 1 aromatic heterocycles. The maximum absolute atomic E-state index is 5.81. The number of aliphatic imine (C=N–C) groups is 1. The van der Waals surface area contributed by atoms with Gasteiger partial charge in [-0.3, -0.25) is 0 Å². The fraction of sp³-hybridized carbons (Fsp3) is 0.769. The van der Waals surface area contributed by atoms with Crippen LogP contribution in [0.2, 0.25) is 0 Å². The van der Waals surface area contributed by atoms with Gasteiger partial charge in [0.05, 0.1) is 0 Å². The van der Waals surface area contributed by atoms with Crippen molar-refractivity contribution in [3.05, 3.63) is 11.7 Å². The van der Waals surface area contributed by atoms with Crippen molar-refractivity contribution in [1.82, 2.24) is 15.5 Å². The minimum atomic E-state index is 0. The Kier molecular flexibility index (Phi) is 9.52. The zero-order valence-electron chi connectivity index (χ0n) is 12.7. The lowest BCUT2D eigenvalue weighted by Crippen LogP contribution is -2.38. The molecule has 0 saturated carbocycles. The van der Waals surface area contributed by atoms with Crippen molar-refractivity contribution < 1.29 is 4.52 Å². The first-order valence-corrected chi connectivity index (χ1v) is 6.83. The third kappa shape index (κ3) is 8.34. The average molecular weight is 395 g/mol. The van der Waals surface area contributed by atoms with Crippen molar-refractivity contribution >= 4 is 29.9 Å². The summed E-state index contributed by atoms with van der Waals surface area (Å²) in [4.78, 5) is 8.24. The highest BCUT2D eigenvalue weighted by Gasteiger charge is 2.05. The first-order chi connectivity index (χ1) is 8.97. The van der Waals surface area contributed by atoms with Gasteiger partial charge in [-0.2, -0.15) is 4.98 Å². The van der Waals surface area contributed by atoms with Crippen molar-refractivity contribution in [1.29, 1.82) is 0 Å². The number of aryl methyl sites for hydroxylation is 1. The molecule has 1 heterocycles. The van der Waals surface area contributed by atoms with Gasteiger partial charge in [-0.15, -0.1) is 24.0 Å². The number of guanidine groups is 1. The van der Waals surface area contributed by atoms with Gasteiger partial charge in [0.15, 0.2) is 11.8 Å². The van der Waals surface area contributed by atoms with Crippen molar-refractivity contribution in [3.8, 4) is 0 Å². The quantitative estimate of drug-likeness (QED) is 0.421. The van der Waals surface area contributed by atoms with E-state index in [1.807, 2.05) is 0 Å². The highest BCUT2D eigenvalue weighted by Crippen LogP contribution is 2.08. The van der Waals surface area contributed by atoms with E-state index in [1.54, 1.807) is 6.92 Å². The molecule has 20 heavy (non-hydrogen) atoms. The molecule has 7 heteroatoms. The van der Waals surface area contributed by atoms with Gasteiger partial charge in [0.2, 0.25) is 5.89 Å². The Labute approximate surface area is 138 Å². The minimum Gasteiger partial charge on any atom is -0.370 e. The average Bonchev–Trinajstić information content (AvgIpc) is 2.72. The highest BCUT2D eigenvalue weighted by molar-refractivity contribution is 14.0. The summed E-state index contributed by atoms with van der Waals surface area (Å²) in [6, 6.07) is 0.326. The van der Waals surface area contributed by atoms with Gasteiger partial charge >= 0.3 is 0 Å². The summed E-state index contributed by atoms with van der Waals surface area (Å²) in [6.45, 7) is 8.67. The van der Waals surface area contributed by atoms with Crippen LogP contribution in [0.3, 0.4) is 0 Å². The molecule has 116 valence electrons. The van der Waals surface area contributed by atoms with Crippen LogP contribution in [0, 0.1) is 12.8 Å². The van der Waals surface area contributed by atoms with E-state index in [4.69, 9.17) is 10.3 Å². The van der Waals surface area contributed by atoms with Crippen LogP contribution in [0.25, 0.3) is 0 Å². The Morgan fingerprint density at radius 3 is 2.60 bits per heavy atom. The smallest absolute Gasteiger partial charge is 0.248 e. The van der Waals surface area contributed by atoms with E-state index in [0.29, 0.717) is 30.3 Å². The van der Waals surface area contributed by atoms with Crippen molar-refractivity contribution in [2.24, 2.45) is 16.6 Å². The summed E-state index contributed by atoms with van der Waals surface area (Å²) < 4.78 is 4.96. The Morgan fingerprint density at radius 1 is 1.35 bits per heavy atom. The maximum atomic E-state index is 5.81. The topological polar surface area (TPSA) is 89.3 Å². The molecular formula is C13H26IN5O. The second-order valence-corrected chi connectivity index (χ2v) is 5.31. The summed E-state index contributed by atoms with van der Waals surface area (Å²) >= 11 is 0. The molecule has 0 radical (unpaired) electrons.